The normalized spacial score (nSPS) is 18.1. The monoisotopic (exact) mass is 473 g/mol. The van der Waals surface area contributed by atoms with E-state index in [1.54, 1.807) is 0 Å². The van der Waals surface area contributed by atoms with E-state index >= 15 is 0 Å². The second-order valence-electron chi connectivity index (χ2n) is 3.62. The average molecular weight is 474 g/mol. The molecule has 1 aliphatic rings. The summed E-state index contributed by atoms with van der Waals surface area (Å²) in [6.45, 7) is 10.9. The average Bonchev–Trinajstić information content (AvgIpc) is 1.95. The van der Waals surface area contributed by atoms with Crippen LogP contribution in [0.4, 0.5) is 0 Å². The van der Waals surface area contributed by atoms with Gasteiger partial charge >= 0.3 is 0 Å². The first-order valence-electron chi connectivity index (χ1n) is 3.75. The van der Waals surface area contributed by atoms with Gasteiger partial charge in [-0.2, -0.15) is 11.1 Å². The molecule has 0 saturated carbocycles. The van der Waals surface area contributed by atoms with Gasteiger partial charge in [-0.15, -0.1) is 6.92 Å². The molecular weight excluding hydrogens is 458 g/mol. The molecular formula is C10H15Br2Hf-3. The van der Waals surface area contributed by atoms with Crippen LogP contribution >= 0.6 is 0 Å². The van der Waals surface area contributed by atoms with Gasteiger partial charge in [-0.25, -0.2) is 5.57 Å². The Balaban J connectivity index is -0.000000333. The van der Waals surface area contributed by atoms with Crippen LogP contribution in [0.3, 0.4) is 0 Å². The Morgan fingerprint density at radius 3 is 1.46 bits per heavy atom. The van der Waals surface area contributed by atoms with E-state index in [0.29, 0.717) is 0 Å². The maximum absolute atomic E-state index is 3.44. The molecule has 76 valence electrons. The summed E-state index contributed by atoms with van der Waals surface area (Å²) in [6.07, 6.45) is 3.44. The molecule has 1 aliphatic carbocycles. The molecule has 0 fully saturated rings. The minimum atomic E-state index is 0. The van der Waals surface area contributed by atoms with Crippen LogP contribution in [0.2, 0.25) is 0 Å². The van der Waals surface area contributed by atoms with Crippen molar-refractivity contribution in [2.45, 2.75) is 34.6 Å². The standard InChI is InChI=1S/C10H15.2BrH.Hf/c1-7-6-10(4,5)9(3)8(7)2;;;/h1-5H3;2*1H;/q-1;;;/p-2. The van der Waals surface area contributed by atoms with Gasteiger partial charge < -0.3 is 34.0 Å². The third-order valence-corrected chi connectivity index (χ3v) is 2.56. The van der Waals surface area contributed by atoms with Gasteiger partial charge in [0, 0.05) is 25.8 Å². The van der Waals surface area contributed by atoms with Crippen molar-refractivity contribution in [3.8, 4) is 0 Å². The van der Waals surface area contributed by atoms with E-state index in [9.17, 15) is 0 Å². The molecule has 0 unspecified atom stereocenters. The van der Waals surface area contributed by atoms with Crippen molar-refractivity contribution in [3.63, 3.8) is 0 Å². The van der Waals surface area contributed by atoms with E-state index in [-0.39, 0.29) is 65.2 Å². The van der Waals surface area contributed by atoms with E-state index in [1.807, 2.05) is 0 Å². The predicted molar refractivity (Wildman–Crippen MR) is 44.6 cm³/mol. The molecule has 0 aliphatic heterocycles. The molecule has 0 saturated heterocycles. The summed E-state index contributed by atoms with van der Waals surface area (Å²) in [6, 6.07) is 0. The summed E-state index contributed by atoms with van der Waals surface area (Å²) < 4.78 is 0. The molecule has 0 N–H and O–H groups in total. The second kappa shape index (κ2) is 6.73. The zero-order chi connectivity index (χ0) is 7.94. The van der Waals surface area contributed by atoms with Gasteiger partial charge in [-0.3, -0.25) is 6.08 Å². The predicted octanol–water partition coefficient (Wildman–Crippen LogP) is -2.88. The number of rotatable bonds is 0. The summed E-state index contributed by atoms with van der Waals surface area (Å²) in [5.74, 6) is 0. The van der Waals surface area contributed by atoms with Gasteiger partial charge in [-0.05, 0) is 0 Å². The molecule has 13 heavy (non-hydrogen) atoms. The molecule has 0 bridgehead atoms. The molecule has 0 aromatic rings. The van der Waals surface area contributed by atoms with Crippen molar-refractivity contribution in [1.82, 2.24) is 0 Å². The molecule has 0 radical (unpaired) electrons. The largest absolute Gasteiger partial charge is 1.00 e. The van der Waals surface area contributed by atoms with E-state index in [1.165, 1.54) is 16.7 Å². The number of halogens is 2. The van der Waals surface area contributed by atoms with Crippen molar-refractivity contribution < 1.29 is 59.8 Å². The van der Waals surface area contributed by atoms with Crippen molar-refractivity contribution in [3.05, 3.63) is 22.8 Å². The quantitative estimate of drug-likeness (QED) is 0.262. The number of allylic oxidation sites excluding steroid dienone is 4. The third kappa shape index (κ3) is 4.13. The van der Waals surface area contributed by atoms with E-state index in [4.69, 9.17) is 0 Å². The van der Waals surface area contributed by atoms with E-state index in [2.05, 4.69) is 40.7 Å². The van der Waals surface area contributed by atoms with E-state index < -0.39 is 0 Å². The van der Waals surface area contributed by atoms with Crippen LogP contribution in [-0.2, 0) is 25.8 Å². The summed E-state index contributed by atoms with van der Waals surface area (Å²) in [4.78, 5) is 0. The molecule has 0 spiro atoms. The van der Waals surface area contributed by atoms with Crippen molar-refractivity contribution in [1.29, 1.82) is 0 Å². The first kappa shape index (κ1) is 19.8. The fraction of sp³-hybridized carbons (Fsp3) is 0.600. The summed E-state index contributed by atoms with van der Waals surface area (Å²) in [5.41, 5.74) is 4.39. The molecule has 0 heterocycles. The summed E-state index contributed by atoms with van der Waals surface area (Å²) >= 11 is 0. The first-order chi connectivity index (χ1) is 4.45. The van der Waals surface area contributed by atoms with Gasteiger partial charge in [0.25, 0.3) is 0 Å². The Bertz CT molecular complexity index is 227. The minimum Gasteiger partial charge on any atom is -1.00 e. The fourth-order valence-corrected chi connectivity index (χ4v) is 1.41. The Labute approximate surface area is 122 Å². The Morgan fingerprint density at radius 2 is 1.38 bits per heavy atom. The molecule has 0 nitrogen and oxygen atoms in total. The molecule has 1 rings (SSSR count). The Hall–Kier alpha value is 1.31. The van der Waals surface area contributed by atoms with Crippen LogP contribution in [0.15, 0.2) is 16.7 Å². The number of hydrogen-bond donors (Lipinski definition) is 0. The van der Waals surface area contributed by atoms with Crippen LogP contribution in [0.25, 0.3) is 0 Å². The molecule has 0 aromatic carbocycles. The van der Waals surface area contributed by atoms with Crippen molar-refractivity contribution in [2.75, 3.05) is 0 Å². The van der Waals surface area contributed by atoms with Crippen LogP contribution in [0.5, 0.6) is 0 Å². The first-order valence-corrected chi connectivity index (χ1v) is 3.75. The smallest absolute Gasteiger partial charge is 0 e. The van der Waals surface area contributed by atoms with Crippen LogP contribution in [-0.4, -0.2) is 0 Å². The van der Waals surface area contributed by atoms with Crippen LogP contribution in [0, 0.1) is 11.5 Å². The van der Waals surface area contributed by atoms with Gasteiger partial charge in [0.1, 0.15) is 0 Å². The molecule has 0 amide bonds. The summed E-state index contributed by atoms with van der Waals surface area (Å²) in [7, 11) is 0. The fourth-order valence-electron chi connectivity index (χ4n) is 1.41. The zero-order valence-electron chi connectivity index (χ0n) is 8.76. The topological polar surface area (TPSA) is 0 Å². The molecule has 0 atom stereocenters. The number of hydrogen-bond acceptors (Lipinski definition) is 0. The van der Waals surface area contributed by atoms with Crippen molar-refractivity contribution in [2.24, 2.45) is 5.41 Å². The second-order valence-corrected chi connectivity index (χ2v) is 3.62. The summed E-state index contributed by atoms with van der Waals surface area (Å²) in [5, 5.41) is 0. The Morgan fingerprint density at radius 1 is 1.00 bits per heavy atom. The van der Waals surface area contributed by atoms with Gasteiger partial charge in [0.2, 0.25) is 0 Å². The van der Waals surface area contributed by atoms with E-state index in [0.717, 1.165) is 0 Å². The van der Waals surface area contributed by atoms with Crippen LogP contribution < -0.4 is 34.0 Å². The van der Waals surface area contributed by atoms with Gasteiger partial charge in [0.05, 0.1) is 0 Å². The van der Waals surface area contributed by atoms with Crippen molar-refractivity contribution >= 4 is 0 Å². The third-order valence-electron chi connectivity index (χ3n) is 2.56. The molecule has 0 aromatic heterocycles. The van der Waals surface area contributed by atoms with Gasteiger partial charge in [0.15, 0.2) is 0 Å². The van der Waals surface area contributed by atoms with Crippen LogP contribution in [0.1, 0.15) is 34.6 Å². The SMILES string of the molecule is CC1=[C-]C(C)(C)C(C)=C1C.[Br-].[Br-].[Hf]. The van der Waals surface area contributed by atoms with Gasteiger partial charge in [-0.1, -0.05) is 33.1 Å². The maximum atomic E-state index is 3.44. The zero-order valence-corrected chi connectivity index (χ0v) is 15.5. The minimum absolute atomic E-state index is 0. The Kier molecular flexibility index (Phi) is 10.3. The maximum Gasteiger partial charge on any atom is 0 e. The molecule has 3 heteroatoms.